The van der Waals surface area contributed by atoms with Gasteiger partial charge in [-0.2, -0.15) is 0 Å². The van der Waals surface area contributed by atoms with Crippen molar-refractivity contribution >= 4 is 29.1 Å². The van der Waals surface area contributed by atoms with Gasteiger partial charge in [0, 0.05) is 24.1 Å². The van der Waals surface area contributed by atoms with E-state index in [0.717, 1.165) is 0 Å². The van der Waals surface area contributed by atoms with Crippen molar-refractivity contribution in [3.05, 3.63) is 33.8 Å². The predicted molar refractivity (Wildman–Crippen MR) is 65.2 cm³/mol. The lowest BCUT2D eigenvalue weighted by molar-refractivity contribution is -0.126. The fraction of sp³-hybridized carbons (Fsp3) is 0.300. The van der Waals surface area contributed by atoms with Crippen LogP contribution in [0.25, 0.3) is 0 Å². The molecule has 0 radical (unpaired) electrons. The van der Waals surface area contributed by atoms with Gasteiger partial charge in [0.25, 0.3) is 5.91 Å². The molecule has 0 aromatic heterocycles. The molecule has 1 aromatic rings. The number of amides is 1. The average Bonchev–Trinajstić information content (AvgIpc) is 2.15. The Labute approximate surface area is 104 Å². The number of hydrogen-bond donors (Lipinski definition) is 2. The molecule has 1 amide bonds. The van der Waals surface area contributed by atoms with Crippen LogP contribution in [-0.4, -0.2) is 25.0 Å². The predicted octanol–water partition coefficient (Wildman–Crippen LogP) is 1.59. The minimum absolute atomic E-state index is 0.325. The smallest absolute Gasteiger partial charge is 0.255 e. The Morgan fingerprint density at radius 3 is 2.56 bits per heavy atom. The quantitative estimate of drug-likeness (QED) is 0.813. The minimum atomic E-state index is -0.813. The maximum absolute atomic E-state index is 11.6. The van der Waals surface area contributed by atoms with Crippen LogP contribution in [0.3, 0.4) is 0 Å². The Morgan fingerprint density at radius 2 is 2.06 bits per heavy atom. The van der Waals surface area contributed by atoms with Crippen LogP contribution in [-0.2, 0) is 4.79 Å². The van der Waals surface area contributed by atoms with Gasteiger partial charge in [0.05, 0.1) is 0 Å². The average molecular weight is 262 g/mol. The summed E-state index contributed by atoms with van der Waals surface area (Å²) in [7, 11) is 3.40. The third kappa shape index (κ3) is 3.35. The third-order valence-corrected chi connectivity index (χ3v) is 2.48. The third-order valence-electron chi connectivity index (χ3n) is 1.91. The van der Waals surface area contributed by atoms with Crippen LogP contribution in [0, 0.1) is 0 Å². The number of nitrogens with zero attached hydrogens (tertiary/aromatic N) is 1. The maximum Gasteiger partial charge on any atom is 0.255 e. The van der Waals surface area contributed by atoms with E-state index in [1.165, 1.54) is 5.01 Å². The van der Waals surface area contributed by atoms with Crippen molar-refractivity contribution in [2.24, 2.45) is 5.73 Å². The summed E-state index contributed by atoms with van der Waals surface area (Å²) >= 11 is 11.7. The van der Waals surface area contributed by atoms with E-state index in [2.05, 4.69) is 5.43 Å². The molecule has 0 spiro atoms. The summed E-state index contributed by atoms with van der Waals surface area (Å²) in [6, 6.07) is 4.03. The minimum Gasteiger partial charge on any atom is -0.316 e. The summed E-state index contributed by atoms with van der Waals surface area (Å²) < 4.78 is 0. The first-order chi connectivity index (χ1) is 7.41. The second kappa shape index (κ2) is 5.50. The number of hydrogen-bond acceptors (Lipinski definition) is 3. The molecular formula is C10H13Cl2N3O. The fourth-order valence-electron chi connectivity index (χ4n) is 1.18. The second-order valence-electron chi connectivity index (χ2n) is 3.51. The number of halogens is 2. The highest BCUT2D eigenvalue weighted by molar-refractivity contribution is 6.35. The molecule has 0 aliphatic carbocycles. The molecule has 0 heterocycles. The number of benzene rings is 1. The largest absolute Gasteiger partial charge is 0.316 e. The summed E-state index contributed by atoms with van der Waals surface area (Å²) in [4.78, 5) is 11.6. The molecule has 0 aliphatic heterocycles. The number of rotatable bonds is 3. The van der Waals surface area contributed by atoms with Crippen molar-refractivity contribution in [2.45, 2.75) is 6.04 Å². The van der Waals surface area contributed by atoms with E-state index >= 15 is 0 Å². The number of carbonyl (C=O) groups excluding carboxylic acids is 1. The lowest BCUT2D eigenvalue weighted by Gasteiger charge is -2.17. The highest BCUT2D eigenvalue weighted by Gasteiger charge is 2.18. The zero-order chi connectivity index (χ0) is 12.3. The van der Waals surface area contributed by atoms with E-state index in [4.69, 9.17) is 28.9 Å². The highest BCUT2D eigenvalue weighted by Crippen LogP contribution is 2.25. The first kappa shape index (κ1) is 13.3. The van der Waals surface area contributed by atoms with Crippen molar-refractivity contribution in [2.75, 3.05) is 14.1 Å². The van der Waals surface area contributed by atoms with Gasteiger partial charge in [0.15, 0.2) is 0 Å². The number of nitrogens with two attached hydrogens (primary N) is 1. The van der Waals surface area contributed by atoms with Crippen molar-refractivity contribution in [3.63, 3.8) is 0 Å². The fourth-order valence-corrected chi connectivity index (χ4v) is 1.71. The molecule has 0 fully saturated rings. The molecule has 4 nitrogen and oxygen atoms in total. The summed E-state index contributed by atoms with van der Waals surface area (Å²) in [5.41, 5.74) is 8.88. The van der Waals surface area contributed by atoms with Crippen LogP contribution in [0.2, 0.25) is 10.0 Å². The molecule has 1 aromatic carbocycles. The molecule has 0 aliphatic rings. The van der Waals surface area contributed by atoms with E-state index in [0.29, 0.717) is 15.6 Å². The van der Waals surface area contributed by atoms with Gasteiger partial charge in [-0.3, -0.25) is 10.2 Å². The van der Waals surface area contributed by atoms with Gasteiger partial charge < -0.3 is 5.73 Å². The van der Waals surface area contributed by atoms with Crippen molar-refractivity contribution < 1.29 is 4.79 Å². The standard InChI is InChI=1S/C10H13Cl2N3O/c1-15(2)14-10(16)9(13)7-4-3-6(11)5-8(7)12/h3-5,9H,13H2,1-2H3,(H,14,16). The van der Waals surface area contributed by atoms with E-state index in [-0.39, 0.29) is 5.91 Å². The molecule has 0 saturated heterocycles. The normalized spacial score (nSPS) is 12.6. The molecule has 1 atom stereocenters. The van der Waals surface area contributed by atoms with Crippen LogP contribution in [0.5, 0.6) is 0 Å². The topological polar surface area (TPSA) is 58.4 Å². The number of carbonyl (C=O) groups is 1. The summed E-state index contributed by atoms with van der Waals surface area (Å²) in [6.07, 6.45) is 0. The van der Waals surface area contributed by atoms with Crippen LogP contribution in [0.15, 0.2) is 18.2 Å². The van der Waals surface area contributed by atoms with Crippen molar-refractivity contribution in [1.29, 1.82) is 0 Å². The van der Waals surface area contributed by atoms with Gasteiger partial charge in [-0.1, -0.05) is 29.3 Å². The molecule has 0 saturated carbocycles. The van der Waals surface area contributed by atoms with E-state index in [1.807, 2.05) is 0 Å². The lowest BCUT2D eigenvalue weighted by Crippen LogP contribution is -2.42. The molecule has 1 unspecified atom stereocenters. The molecular weight excluding hydrogens is 249 g/mol. The SMILES string of the molecule is CN(C)NC(=O)C(N)c1ccc(Cl)cc1Cl. The lowest BCUT2D eigenvalue weighted by atomic mass is 10.1. The van der Waals surface area contributed by atoms with Crippen molar-refractivity contribution in [1.82, 2.24) is 10.4 Å². The first-order valence-electron chi connectivity index (χ1n) is 4.60. The number of hydrazine groups is 1. The molecule has 16 heavy (non-hydrogen) atoms. The van der Waals surface area contributed by atoms with Crippen LogP contribution < -0.4 is 11.2 Å². The Bertz CT molecular complexity index is 396. The van der Waals surface area contributed by atoms with Gasteiger partial charge >= 0.3 is 0 Å². The summed E-state index contributed by atoms with van der Waals surface area (Å²) in [6.45, 7) is 0. The van der Waals surface area contributed by atoms with E-state index < -0.39 is 6.04 Å². The number of nitrogens with one attached hydrogen (secondary N) is 1. The van der Waals surface area contributed by atoms with Gasteiger partial charge in [-0.25, -0.2) is 5.01 Å². The molecule has 88 valence electrons. The first-order valence-corrected chi connectivity index (χ1v) is 5.35. The zero-order valence-electron chi connectivity index (χ0n) is 9.00. The van der Waals surface area contributed by atoms with E-state index in [1.54, 1.807) is 32.3 Å². The Kier molecular flexibility index (Phi) is 4.56. The van der Waals surface area contributed by atoms with Gasteiger partial charge in [-0.05, 0) is 17.7 Å². The molecule has 3 N–H and O–H groups in total. The summed E-state index contributed by atoms with van der Waals surface area (Å²) in [5, 5.41) is 2.41. The molecule has 1 rings (SSSR count). The monoisotopic (exact) mass is 261 g/mol. The Hall–Kier alpha value is -0.810. The maximum atomic E-state index is 11.6. The van der Waals surface area contributed by atoms with Gasteiger partial charge in [0.1, 0.15) is 6.04 Å². The molecule has 6 heteroatoms. The van der Waals surface area contributed by atoms with E-state index in [9.17, 15) is 4.79 Å². The Balaban J connectivity index is 2.87. The van der Waals surface area contributed by atoms with Gasteiger partial charge in [0.2, 0.25) is 0 Å². The second-order valence-corrected chi connectivity index (χ2v) is 4.36. The van der Waals surface area contributed by atoms with Crippen molar-refractivity contribution in [3.8, 4) is 0 Å². The molecule has 0 bridgehead atoms. The van der Waals surface area contributed by atoms with Crippen LogP contribution >= 0.6 is 23.2 Å². The Morgan fingerprint density at radius 1 is 1.44 bits per heavy atom. The zero-order valence-corrected chi connectivity index (χ0v) is 10.5. The highest BCUT2D eigenvalue weighted by atomic mass is 35.5. The van der Waals surface area contributed by atoms with Crippen LogP contribution in [0.1, 0.15) is 11.6 Å². The van der Waals surface area contributed by atoms with Gasteiger partial charge in [-0.15, -0.1) is 0 Å². The van der Waals surface area contributed by atoms with Crippen LogP contribution in [0.4, 0.5) is 0 Å². The summed E-state index contributed by atoms with van der Waals surface area (Å²) in [5.74, 6) is -0.325.